The summed E-state index contributed by atoms with van der Waals surface area (Å²) < 4.78 is 5.22. The second-order valence-corrected chi connectivity index (χ2v) is 8.17. The predicted octanol–water partition coefficient (Wildman–Crippen LogP) is 5.57. The van der Waals surface area contributed by atoms with Crippen molar-refractivity contribution < 1.29 is 9.53 Å². The van der Waals surface area contributed by atoms with Crippen LogP contribution < -0.4 is 14.5 Å². The van der Waals surface area contributed by atoms with Crippen LogP contribution in [0.4, 0.5) is 17.1 Å². The van der Waals surface area contributed by atoms with E-state index in [0.29, 0.717) is 10.1 Å². The fourth-order valence-corrected chi connectivity index (χ4v) is 4.14. The molecule has 0 spiro atoms. The average molecular weight is 430 g/mol. The number of hydrogen-bond acceptors (Lipinski definition) is 5. The Hall–Kier alpha value is -3.51. The Kier molecular flexibility index (Phi) is 6.09. The highest BCUT2D eigenvalue weighted by atomic mass is 32.2. The Morgan fingerprint density at radius 3 is 2.23 bits per heavy atom. The number of carbonyl (C=O) groups is 1. The lowest BCUT2D eigenvalue weighted by molar-refractivity contribution is -0.113. The molecule has 3 aromatic carbocycles. The Labute approximate surface area is 186 Å². The zero-order valence-electron chi connectivity index (χ0n) is 17.6. The fourth-order valence-electron chi connectivity index (χ4n) is 3.14. The van der Waals surface area contributed by atoms with E-state index in [-0.39, 0.29) is 5.91 Å². The van der Waals surface area contributed by atoms with Crippen molar-refractivity contribution in [3.63, 3.8) is 0 Å². The summed E-state index contributed by atoms with van der Waals surface area (Å²) in [4.78, 5) is 22.4. The second kappa shape index (κ2) is 9.10. The lowest BCUT2D eigenvalue weighted by atomic mass is 10.2. The summed E-state index contributed by atoms with van der Waals surface area (Å²) >= 11 is 1.38. The van der Waals surface area contributed by atoms with Gasteiger partial charge >= 0.3 is 0 Å². The third-order valence-corrected chi connectivity index (χ3v) is 5.79. The SMILES string of the molecule is COc1ccc(N=C2S/C(=C\c3ccc(N(C)C)cc3)C(=O)N2c2ccccc2)cc1. The number of para-hydroxylation sites is 1. The first-order chi connectivity index (χ1) is 15.0. The number of ether oxygens (including phenoxy) is 1. The van der Waals surface area contributed by atoms with E-state index in [1.54, 1.807) is 12.0 Å². The molecule has 0 radical (unpaired) electrons. The Morgan fingerprint density at radius 1 is 0.935 bits per heavy atom. The lowest BCUT2D eigenvalue weighted by Gasteiger charge is -2.15. The van der Waals surface area contributed by atoms with Crippen LogP contribution in [0.15, 0.2) is 88.8 Å². The average Bonchev–Trinajstić information content (AvgIpc) is 3.09. The zero-order chi connectivity index (χ0) is 21.8. The smallest absolute Gasteiger partial charge is 0.271 e. The normalized spacial score (nSPS) is 16.2. The fraction of sp³-hybridized carbons (Fsp3) is 0.120. The lowest BCUT2D eigenvalue weighted by Crippen LogP contribution is -2.28. The number of thioether (sulfide) groups is 1. The monoisotopic (exact) mass is 429 g/mol. The molecule has 0 saturated carbocycles. The number of benzene rings is 3. The number of hydrogen-bond donors (Lipinski definition) is 0. The largest absolute Gasteiger partial charge is 0.497 e. The first-order valence-electron chi connectivity index (χ1n) is 9.84. The van der Waals surface area contributed by atoms with Gasteiger partial charge in [-0.05, 0) is 71.9 Å². The van der Waals surface area contributed by atoms with Gasteiger partial charge in [-0.25, -0.2) is 4.99 Å². The predicted molar refractivity (Wildman–Crippen MR) is 130 cm³/mol. The van der Waals surface area contributed by atoms with Crippen molar-refractivity contribution in [3.8, 4) is 5.75 Å². The molecule has 1 aliphatic heterocycles. The number of methoxy groups -OCH3 is 1. The van der Waals surface area contributed by atoms with Gasteiger partial charge in [0.25, 0.3) is 5.91 Å². The summed E-state index contributed by atoms with van der Waals surface area (Å²) in [5.74, 6) is 0.681. The molecule has 1 fully saturated rings. The maximum Gasteiger partial charge on any atom is 0.271 e. The van der Waals surface area contributed by atoms with Gasteiger partial charge in [0.1, 0.15) is 5.75 Å². The highest BCUT2D eigenvalue weighted by molar-refractivity contribution is 8.19. The van der Waals surface area contributed by atoms with E-state index in [1.165, 1.54) is 11.8 Å². The zero-order valence-corrected chi connectivity index (χ0v) is 18.5. The van der Waals surface area contributed by atoms with Gasteiger partial charge in [-0.1, -0.05) is 30.3 Å². The third-order valence-electron chi connectivity index (χ3n) is 4.83. The van der Waals surface area contributed by atoms with Gasteiger partial charge in [0.05, 0.1) is 23.4 Å². The number of nitrogens with zero attached hydrogens (tertiary/aromatic N) is 3. The maximum absolute atomic E-state index is 13.3. The van der Waals surface area contributed by atoms with E-state index < -0.39 is 0 Å². The minimum atomic E-state index is -0.0832. The molecule has 0 atom stereocenters. The van der Waals surface area contributed by atoms with Crippen molar-refractivity contribution in [2.45, 2.75) is 0 Å². The van der Waals surface area contributed by atoms with Gasteiger partial charge in [0.2, 0.25) is 0 Å². The maximum atomic E-state index is 13.3. The van der Waals surface area contributed by atoms with Crippen LogP contribution in [0.3, 0.4) is 0 Å². The van der Waals surface area contributed by atoms with Crippen molar-refractivity contribution >= 4 is 46.0 Å². The summed E-state index contributed by atoms with van der Waals surface area (Å²) in [6.07, 6.45) is 1.92. The number of amides is 1. The molecule has 156 valence electrons. The molecular formula is C25H23N3O2S. The van der Waals surface area contributed by atoms with Gasteiger partial charge in [0, 0.05) is 19.8 Å². The van der Waals surface area contributed by atoms with Crippen LogP contribution in [0.2, 0.25) is 0 Å². The van der Waals surface area contributed by atoms with E-state index in [1.807, 2.05) is 104 Å². The van der Waals surface area contributed by atoms with E-state index in [9.17, 15) is 4.79 Å². The first kappa shape index (κ1) is 20.8. The summed E-state index contributed by atoms with van der Waals surface area (Å²) in [5, 5.41) is 0.623. The summed E-state index contributed by atoms with van der Waals surface area (Å²) in [5.41, 5.74) is 3.63. The van der Waals surface area contributed by atoms with Crippen molar-refractivity contribution in [1.82, 2.24) is 0 Å². The number of carbonyl (C=O) groups excluding carboxylic acids is 1. The van der Waals surface area contributed by atoms with Crippen molar-refractivity contribution in [3.05, 3.63) is 89.3 Å². The van der Waals surface area contributed by atoms with Crippen LogP contribution in [0.5, 0.6) is 5.75 Å². The van der Waals surface area contributed by atoms with E-state index >= 15 is 0 Å². The molecule has 0 aromatic heterocycles. The van der Waals surface area contributed by atoms with Crippen molar-refractivity contribution in [1.29, 1.82) is 0 Å². The molecule has 0 N–H and O–H groups in total. The Morgan fingerprint density at radius 2 is 1.61 bits per heavy atom. The topological polar surface area (TPSA) is 45.1 Å². The summed E-state index contributed by atoms with van der Waals surface area (Å²) in [7, 11) is 5.64. The van der Waals surface area contributed by atoms with Gasteiger partial charge in [-0.2, -0.15) is 0 Å². The molecule has 1 aliphatic rings. The van der Waals surface area contributed by atoms with Gasteiger partial charge in [-0.3, -0.25) is 9.69 Å². The van der Waals surface area contributed by atoms with Gasteiger partial charge in [-0.15, -0.1) is 0 Å². The minimum Gasteiger partial charge on any atom is -0.497 e. The molecule has 0 unspecified atom stereocenters. The highest BCUT2D eigenvalue weighted by Gasteiger charge is 2.34. The number of anilines is 2. The van der Waals surface area contributed by atoms with Crippen LogP contribution in [0.25, 0.3) is 6.08 Å². The third kappa shape index (κ3) is 4.64. The molecule has 1 saturated heterocycles. The van der Waals surface area contributed by atoms with E-state index in [4.69, 9.17) is 9.73 Å². The Balaban J connectivity index is 1.70. The molecule has 4 rings (SSSR count). The van der Waals surface area contributed by atoms with Crippen LogP contribution >= 0.6 is 11.8 Å². The molecule has 5 nitrogen and oxygen atoms in total. The van der Waals surface area contributed by atoms with Crippen LogP contribution in [-0.4, -0.2) is 32.3 Å². The minimum absolute atomic E-state index is 0.0832. The molecule has 1 amide bonds. The first-order valence-corrected chi connectivity index (χ1v) is 10.7. The van der Waals surface area contributed by atoms with Crippen LogP contribution in [0, 0.1) is 0 Å². The molecule has 3 aromatic rings. The van der Waals surface area contributed by atoms with Crippen molar-refractivity contribution in [2.24, 2.45) is 4.99 Å². The summed E-state index contributed by atoms with van der Waals surface area (Å²) in [6.45, 7) is 0. The van der Waals surface area contributed by atoms with Gasteiger partial charge in [0.15, 0.2) is 5.17 Å². The summed E-state index contributed by atoms with van der Waals surface area (Å²) in [6, 6.07) is 25.2. The number of rotatable bonds is 5. The quantitative estimate of drug-likeness (QED) is 0.498. The molecular weight excluding hydrogens is 406 g/mol. The van der Waals surface area contributed by atoms with Crippen molar-refractivity contribution in [2.75, 3.05) is 31.0 Å². The molecule has 6 heteroatoms. The second-order valence-electron chi connectivity index (χ2n) is 7.17. The standard InChI is InChI=1S/C25H23N3O2S/c1-27(2)20-13-9-18(10-14-20)17-23-24(29)28(21-7-5-4-6-8-21)25(31-23)26-19-11-15-22(30-3)16-12-19/h4-17H,1-3H3/b23-17-,26-25?. The number of amidine groups is 1. The molecule has 31 heavy (non-hydrogen) atoms. The van der Waals surface area contributed by atoms with E-state index in [2.05, 4.69) is 0 Å². The van der Waals surface area contributed by atoms with E-state index in [0.717, 1.165) is 28.4 Å². The number of aliphatic imine (C=N–C) groups is 1. The molecule has 1 heterocycles. The van der Waals surface area contributed by atoms with Crippen LogP contribution in [0.1, 0.15) is 5.56 Å². The van der Waals surface area contributed by atoms with Gasteiger partial charge < -0.3 is 9.64 Å². The molecule has 0 bridgehead atoms. The Bertz CT molecular complexity index is 1120. The van der Waals surface area contributed by atoms with Crippen LogP contribution in [-0.2, 0) is 4.79 Å². The molecule has 0 aliphatic carbocycles. The highest BCUT2D eigenvalue weighted by Crippen LogP contribution is 2.37.